The van der Waals surface area contributed by atoms with Crippen molar-refractivity contribution < 1.29 is 0 Å². The number of aromatic amines is 1. The van der Waals surface area contributed by atoms with Gasteiger partial charge in [-0.1, -0.05) is 6.07 Å². The Morgan fingerprint density at radius 1 is 1.12 bits per heavy atom. The van der Waals surface area contributed by atoms with Crippen molar-refractivity contribution in [1.29, 1.82) is 0 Å². The SMILES string of the molecule is Cc1cncc(-c2ccc3[nH]cc(N)c3c2)c1. The minimum Gasteiger partial charge on any atom is -0.397 e. The van der Waals surface area contributed by atoms with Crippen molar-refractivity contribution in [3.63, 3.8) is 0 Å². The lowest BCUT2D eigenvalue weighted by molar-refractivity contribution is 1.27. The third-order valence-electron chi connectivity index (χ3n) is 2.92. The molecule has 0 saturated carbocycles. The maximum absolute atomic E-state index is 5.91. The molecule has 0 radical (unpaired) electrons. The molecule has 0 bridgehead atoms. The number of aryl methyl sites for hydroxylation is 1. The minimum atomic E-state index is 0.780. The molecule has 84 valence electrons. The van der Waals surface area contributed by atoms with Gasteiger partial charge in [-0.3, -0.25) is 4.98 Å². The third kappa shape index (κ3) is 1.65. The number of nitrogen functional groups attached to an aromatic ring is 1. The zero-order chi connectivity index (χ0) is 11.8. The van der Waals surface area contributed by atoms with Crippen LogP contribution in [0.5, 0.6) is 0 Å². The van der Waals surface area contributed by atoms with Crippen molar-refractivity contribution in [3.8, 4) is 11.1 Å². The standard InChI is InChI=1S/C14H13N3/c1-9-4-11(7-16-6-9)10-2-3-14-12(5-10)13(15)8-17-14/h2-8,17H,15H2,1H3. The molecule has 0 unspecified atom stereocenters. The molecule has 0 spiro atoms. The minimum absolute atomic E-state index is 0.780. The van der Waals surface area contributed by atoms with Crippen LogP contribution in [0.25, 0.3) is 22.0 Å². The second-order valence-corrected chi connectivity index (χ2v) is 4.26. The van der Waals surface area contributed by atoms with Crippen molar-refractivity contribution in [2.75, 3.05) is 5.73 Å². The zero-order valence-electron chi connectivity index (χ0n) is 9.57. The van der Waals surface area contributed by atoms with Crippen LogP contribution in [0, 0.1) is 6.92 Å². The Hall–Kier alpha value is -2.29. The van der Waals surface area contributed by atoms with Crippen molar-refractivity contribution in [2.24, 2.45) is 0 Å². The summed E-state index contributed by atoms with van der Waals surface area (Å²) in [5.41, 5.74) is 11.2. The summed E-state index contributed by atoms with van der Waals surface area (Å²) in [4.78, 5) is 7.35. The first kappa shape index (κ1) is 9.90. The predicted octanol–water partition coefficient (Wildman–Crippen LogP) is 3.12. The smallest absolute Gasteiger partial charge is 0.0572 e. The summed E-state index contributed by atoms with van der Waals surface area (Å²) < 4.78 is 0. The van der Waals surface area contributed by atoms with Gasteiger partial charge in [-0.2, -0.15) is 0 Å². The van der Waals surface area contributed by atoms with Crippen molar-refractivity contribution in [1.82, 2.24) is 9.97 Å². The van der Waals surface area contributed by atoms with E-state index in [2.05, 4.69) is 28.2 Å². The number of nitrogens with one attached hydrogen (secondary N) is 1. The Balaban J connectivity index is 2.20. The lowest BCUT2D eigenvalue weighted by Crippen LogP contribution is -1.84. The fourth-order valence-electron chi connectivity index (χ4n) is 2.03. The average molecular weight is 223 g/mol. The van der Waals surface area contributed by atoms with E-state index in [-0.39, 0.29) is 0 Å². The molecule has 0 aliphatic heterocycles. The van der Waals surface area contributed by atoms with Gasteiger partial charge in [-0.25, -0.2) is 0 Å². The fourth-order valence-corrected chi connectivity index (χ4v) is 2.03. The highest BCUT2D eigenvalue weighted by Crippen LogP contribution is 2.27. The van der Waals surface area contributed by atoms with Gasteiger partial charge in [0.25, 0.3) is 0 Å². The quantitative estimate of drug-likeness (QED) is 0.666. The van der Waals surface area contributed by atoms with Crippen LogP contribution in [-0.4, -0.2) is 9.97 Å². The summed E-state index contributed by atoms with van der Waals surface area (Å²) in [6.45, 7) is 2.04. The Morgan fingerprint density at radius 3 is 2.82 bits per heavy atom. The molecule has 3 nitrogen and oxygen atoms in total. The first-order valence-corrected chi connectivity index (χ1v) is 5.53. The van der Waals surface area contributed by atoms with E-state index >= 15 is 0 Å². The van der Waals surface area contributed by atoms with E-state index in [0.717, 1.165) is 33.3 Å². The molecule has 3 N–H and O–H groups in total. The highest BCUT2D eigenvalue weighted by Gasteiger charge is 2.03. The average Bonchev–Trinajstić information content (AvgIpc) is 2.71. The highest BCUT2D eigenvalue weighted by molar-refractivity contribution is 5.94. The first-order valence-electron chi connectivity index (χ1n) is 5.53. The Morgan fingerprint density at radius 2 is 2.00 bits per heavy atom. The van der Waals surface area contributed by atoms with Crippen LogP contribution in [0.3, 0.4) is 0 Å². The maximum atomic E-state index is 5.91. The Bertz CT molecular complexity index is 683. The van der Waals surface area contributed by atoms with E-state index in [9.17, 15) is 0 Å². The number of anilines is 1. The summed E-state index contributed by atoms with van der Waals surface area (Å²) in [7, 11) is 0. The Kier molecular flexibility index (Phi) is 2.11. The number of nitrogens with zero attached hydrogens (tertiary/aromatic N) is 1. The number of aromatic nitrogens is 2. The number of hydrogen-bond donors (Lipinski definition) is 2. The maximum Gasteiger partial charge on any atom is 0.0572 e. The van der Waals surface area contributed by atoms with Gasteiger partial charge in [-0.15, -0.1) is 0 Å². The van der Waals surface area contributed by atoms with Crippen LogP contribution < -0.4 is 5.73 Å². The molecule has 2 aromatic heterocycles. The summed E-state index contributed by atoms with van der Waals surface area (Å²) in [5, 5.41) is 1.06. The molecular formula is C14H13N3. The monoisotopic (exact) mass is 223 g/mol. The van der Waals surface area contributed by atoms with E-state index in [1.165, 1.54) is 0 Å². The molecule has 2 heterocycles. The van der Waals surface area contributed by atoms with Crippen LogP contribution in [-0.2, 0) is 0 Å². The van der Waals surface area contributed by atoms with Gasteiger partial charge >= 0.3 is 0 Å². The number of pyridine rings is 1. The largest absolute Gasteiger partial charge is 0.397 e. The second-order valence-electron chi connectivity index (χ2n) is 4.26. The van der Waals surface area contributed by atoms with Crippen molar-refractivity contribution in [2.45, 2.75) is 6.92 Å². The van der Waals surface area contributed by atoms with Crippen LogP contribution in [0.1, 0.15) is 5.56 Å². The third-order valence-corrected chi connectivity index (χ3v) is 2.92. The molecule has 3 aromatic rings. The van der Waals surface area contributed by atoms with E-state index < -0.39 is 0 Å². The van der Waals surface area contributed by atoms with Crippen LogP contribution in [0.15, 0.2) is 42.9 Å². The first-order chi connectivity index (χ1) is 8.24. The molecular weight excluding hydrogens is 210 g/mol. The number of benzene rings is 1. The predicted molar refractivity (Wildman–Crippen MR) is 70.7 cm³/mol. The molecule has 0 aliphatic carbocycles. The lowest BCUT2D eigenvalue weighted by atomic mass is 10.0. The van der Waals surface area contributed by atoms with Gasteiger partial charge in [-0.05, 0) is 36.2 Å². The number of nitrogens with two attached hydrogens (primary N) is 1. The highest BCUT2D eigenvalue weighted by atomic mass is 14.7. The van der Waals surface area contributed by atoms with Crippen LogP contribution >= 0.6 is 0 Å². The van der Waals surface area contributed by atoms with Gasteiger partial charge in [0.05, 0.1) is 5.69 Å². The van der Waals surface area contributed by atoms with Gasteiger partial charge in [0.2, 0.25) is 0 Å². The summed E-state index contributed by atoms with van der Waals surface area (Å²) >= 11 is 0. The molecule has 0 amide bonds. The summed E-state index contributed by atoms with van der Waals surface area (Å²) in [6.07, 6.45) is 5.55. The zero-order valence-corrected chi connectivity index (χ0v) is 9.57. The van der Waals surface area contributed by atoms with E-state index in [4.69, 9.17) is 5.73 Å². The van der Waals surface area contributed by atoms with Crippen LogP contribution in [0.2, 0.25) is 0 Å². The molecule has 17 heavy (non-hydrogen) atoms. The molecule has 3 heteroatoms. The lowest BCUT2D eigenvalue weighted by Gasteiger charge is -2.03. The molecule has 0 saturated heterocycles. The van der Waals surface area contributed by atoms with E-state index in [1.54, 1.807) is 0 Å². The molecule has 1 aromatic carbocycles. The van der Waals surface area contributed by atoms with Crippen molar-refractivity contribution >= 4 is 16.6 Å². The number of fused-ring (bicyclic) bond motifs is 1. The van der Waals surface area contributed by atoms with Gasteiger partial charge in [0.1, 0.15) is 0 Å². The van der Waals surface area contributed by atoms with E-state index in [1.807, 2.05) is 31.6 Å². The number of hydrogen-bond acceptors (Lipinski definition) is 2. The van der Waals surface area contributed by atoms with Crippen molar-refractivity contribution in [3.05, 3.63) is 48.4 Å². The molecule has 3 rings (SSSR count). The van der Waals surface area contributed by atoms with Gasteiger partial charge < -0.3 is 10.7 Å². The second kappa shape index (κ2) is 3.63. The fraction of sp³-hybridized carbons (Fsp3) is 0.0714. The number of rotatable bonds is 1. The van der Waals surface area contributed by atoms with Crippen LogP contribution in [0.4, 0.5) is 5.69 Å². The number of H-pyrrole nitrogens is 1. The Labute approximate surface area is 99.3 Å². The molecule has 0 fully saturated rings. The normalized spacial score (nSPS) is 10.9. The molecule has 0 aliphatic rings. The van der Waals surface area contributed by atoms with E-state index in [0.29, 0.717) is 0 Å². The topological polar surface area (TPSA) is 54.7 Å². The summed E-state index contributed by atoms with van der Waals surface area (Å²) in [5.74, 6) is 0. The summed E-state index contributed by atoms with van der Waals surface area (Å²) in [6, 6.07) is 8.34. The van der Waals surface area contributed by atoms with Gasteiger partial charge in [0, 0.05) is 35.1 Å². The van der Waals surface area contributed by atoms with Gasteiger partial charge in [0.15, 0.2) is 0 Å². The molecule has 0 atom stereocenters.